The molecule has 3 aliphatic heterocycles. The normalized spacial score (nSPS) is 27.3. The second-order valence-electron chi connectivity index (χ2n) is 24.9. The molecule has 0 unspecified atom stereocenters. The van der Waals surface area contributed by atoms with Gasteiger partial charge in [-0.2, -0.15) is 0 Å². The number of likely N-dealkylation sites (N-methyl/N-ethyl adjacent to an activating group) is 1. The number of Topliss-reactive ketones (excluding diaryl/α,β-unsaturated/α-hetero) is 1. The van der Waals surface area contributed by atoms with Gasteiger partial charge in [-0.1, -0.05) is 86.6 Å². The number of esters is 4. The van der Waals surface area contributed by atoms with Crippen LogP contribution in [0.4, 0.5) is 4.39 Å². The van der Waals surface area contributed by atoms with Crippen LogP contribution in [0.25, 0.3) is 16.6 Å². The first kappa shape index (κ1) is 62.9. The van der Waals surface area contributed by atoms with E-state index in [0.29, 0.717) is 22.2 Å². The van der Waals surface area contributed by atoms with Crippen molar-refractivity contribution in [2.45, 2.75) is 115 Å². The molecule has 6 aliphatic rings. The highest BCUT2D eigenvalue weighted by atomic mass is 19.1. The molecule has 2 bridgehead atoms. The lowest BCUT2D eigenvalue weighted by Gasteiger charge is -2.67. The minimum Gasteiger partial charge on any atom is -0.456 e. The Morgan fingerprint density at radius 1 is 0.811 bits per heavy atom. The zero-order chi connectivity index (χ0) is 64.4. The Kier molecular flexibility index (Phi) is 17.0. The fraction of sp³-hybridized carbons (Fsp3) is 0.397. The maximum absolute atomic E-state index is 15.5. The highest BCUT2D eigenvalue weighted by Gasteiger charge is 2.78. The van der Waals surface area contributed by atoms with E-state index in [1.165, 1.54) is 42.7 Å². The molecule has 3 aliphatic carbocycles. The van der Waals surface area contributed by atoms with Crippen LogP contribution in [0.3, 0.4) is 0 Å². The Morgan fingerprint density at radius 3 is 2.08 bits per heavy atom. The van der Waals surface area contributed by atoms with Crippen molar-refractivity contribution in [3.63, 3.8) is 0 Å². The van der Waals surface area contributed by atoms with E-state index < -0.39 is 124 Å². The number of aliphatic hydroxyl groups excluding tert-OH is 2. The van der Waals surface area contributed by atoms with Gasteiger partial charge in [0.1, 0.15) is 29.7 Å². The molecule has 6 aromatic rings. The molecule has 1 amide bonds. The lowest BCUT2D eigenvalue weighted by atomic mass is 9.44. The maximum Gasteiger partial charge on any atom is 0.338 e. The van der Waals surface area contributed by atoms with Gasteiger partial charge < -0.3 is 49.2 Å². The Bertz CT molecular complexity index is 3950. The predicted molar refractivity (Wildman–Crippen MR) is 321 cm³/mol. The van der Waals surface area contributed by atoms with E-state index in [2.05, 4.69) is 27.1 Å². The van der Waals surface area contributed by atoms with Gasteiger partial charge in [0.2, 0.25) is 5.78 Å². The van der Waals surface area contributed by atoms with Gasteiger partial charge in [0, 0.05) is 70.4 Å². The van der Waals surface area contributed by atoms with Crippen LogP contribution in [0.2, 0.25) is 0 Å². The van der Waals surface area contributed by atoms with Crippen LogP contribution in [0.15, 0.2) is 143 Å². The van der Waals surface area contributed by atoms with Crippen molar-refractivity contribution in [2.24, 2.45) is 16.7 Å². The third-order valence-electron chi connectivity index (χ3n) is 19.1. The van der Waals surface area contributed by atoms with Gasteiger partial charge in [-0.15, -0.1) is 0 Å². The lowest BCUT2D eigenvalue weighted by molar-refractivity contribution is -0.346. The van der Waals surface area contributed by atoms with Crippen LogP contribution in [0, 0.1) is 22.6 Å². The Labute approximate surface area is 517 Å². The maximum atomic E-state index is 15.5. The average Bonchev–Trinajstić information content (AvgIpc) is 0.777. The molecule has 4 heterocycles. The van der Waals surface area contributed by atoms with Crippen molar-refractivity contribution in [2.75, 3.05) is 39.8 Å². The molecule has 470 valence electrons. The first-order chi connectivity index (χ1) is 42.8. The number of carbonyl (C=O) groups is 7. The van der Waals surface area contributed by atoms with Crippen LogP contribution in [-0.2, 0) is 49.4 Å². The predicted octanol–water partition coefficient (Wildman–Crippen LogP) is 5.55. The third kappa shape index (κ3) is 11.0. The van der Waals surface area contributed by atoms with Gasteiger partial charge in [0.25, 0.3) is 11.5 Å². The van der Waals surface area contributed by atoms with Crippen molar-refractivity contribution in [1.82, 2.24) is 24.7 Å². The summed E-state index contributed by atoms with van der Waals surface area (Å²) in [7, 11) is 2.12. The van der Waals surface area contributed by atoms with Crippen molar-refractivity contribution in [3.05, 3.63) is 188 Å². The van der Waals surface area contributed by atoms with Crippen LogP contribution in [-0.4, -0.2) is 164 Å². The van der Waals surface area contributed by atoms with Crippen LogP contribution in [0.1, 0.15) is 108 Å². The fourth-order valence-corrected chi connectivity index (χ4v) is 14.2. The number of fused-ring (bicyclic) bond motifs is 9. The van der Waals surface area contributed by atoms with Gasteiger partial charge in [-0.05, 0) is 97.8 Å². The van der Waals surface area contributed by atoms with E-state index in [1.54, 1.807) is 98.8 Å². The second-order valence-corrected chi connectivity index (χ2v) is 24.9. The quantitative estimate of drug-likeness (QED) is 0.0663. The number of aliphatic hydroxyl groups is 3. The molecule has 11 atom stereocenters. The second kappa shape index (κ2) is 24.3. The van der Waals surface area contributed by atoms with Crippen molar-refractivity contribution < 1.29 is 77.0 Å². The van der Waals surface area contributed by atoms with Gasteiger partial charge >= 0.3 is 23.9 Å². The number of carbonyl (C=O) groups excluding carboxylic acids is 7. The monoisotopic (exact) mass is 1230 g/mol. The SMILES string of the molecule is CC(=O)O[C@H]1C(=O)[C@@]2(C)[C@H]([C@H](OC(=O)c3ccccc3)[C@]3(O)C[C@H](OC(=O)[C@H](O)[C@@H](NC(=O)c4ccccc4)c4ccccc4)C(C)=C1C3(C)C)[C@]1(OC(C)=O)CO[C@@H]1C[C@@H]2O.CN1CCN(Cc2ccc3nc4n(c(=O)c3c2)-c2ccc(F)cc2C4=O)CC1. The molecule has 90 heavy (non-hydrogen) atoms. The summed E-state index contributed by atoms with van der Waals surface area (Å²) < 4.78 is 45.1. The standard InChI is InChI=1S/C47H51NO14.C21H19FN4O2/c1-25-31(60-43(56)36(52)35(28-16-10-7-11-17-28)48-41(54)29-18-12-8-13-19-29)23-47(57)40(61-42(55)30-20-14-9-15-21-30)38-45(6,32(51)22-33-46(38,24-58-33)62-27(3)50)39(53)37(59-26(2)49)34(25)44(47,4)5;1-24-6-8-25(9-7-24)12-13-2-4-17-15(10-13)21(28)26-18-5-3-14(22)11-16(18)19(27)20(26)23-17/h7-21,31-33,35-38,40,51-52,57H,22-24H2,1-6H3,(H,48,54);2-5,10-11H,6-9,12H2,1H3/t31-,32-,33+,35-,36+,37+,38-,40-,45+,46-,47+;/m0./s1. The molecule has 22 heteroatoms. The summed E-state index contributed by atoms with van der Waals surface area (Å²) >= 11 is 0. The number of nitrogens with one attached hydrogen (secondary N) is 1. The van der Waals surface area contributed by atoms with E-state index in [9.17, 15) is 53.3 Å². The van der Waals surface area contributed by atoms with Gasteiger partial charge in [0.15, 0.2) is 29.4 Å². The molecule has 2 saturated carbocycles. The summed E-state index contributed by atoms with van der Waals surface area (Å²) in [6.07, 6.45) is -10.5. The molecule has 21 nitrogen and oxygen atoms in total. The number of piperazine rings is 1. The molecule has 12 rings (SSSR count). The largest absolute Gasteiger partial charge is 0.456 e. The Hall–Kier alpha value is -8.64. The highest BCUT2D eigenvalue weighted by molar-refractivity contribution is 6.13. The van der Waals surface area contributed by atoms with Crippen LogP contribution >= 0.6 is 0 Å². The average molecular weight is 1230 g/mol. The summed E-state index contributed by atoms with van der Waals surface area (Å²) in [6.45, 7) is 12.8. The number of aromatic nitrogens is 2. The van der Waals surface area contributed by atoms with E-state index >= 15 is 4.79 Å². The number of nitrogens with zero attached hydrogens (tertiary/aromatic N) is 4. The first-order valence-corrected chi connectivity index (χ1v) is 29.8. The van der Waals surface area contributed by atoms with Crippen molar-refractivity contribution in [1.29, 1.82) is 0 Å². The number of amides is 1. The number of rotatable bonds is 12. The minimum absolute atomic E-state index is 0.00289. The molecule has 0 spiro atoms. The molecule has 5 aromatic carbocycles. The summed E-state index contributed by atoms with van der Waals surface area (Å²) in [6, 6.07) is 32.4. The van der Waals surface area contributed by atoms with E-state index in [0.717, 1.165) is 58.2 Å². The number of hydrogen-bond donors (Lipinski definition) is 4. The summed E-state index contributed by atoms with van der Waals surface area (Å²) in [5, 5.41) is 40.7. The third-order valence-corrected chi connectivity index (χ3v) is 19.1. The van der Waals surface area contributed by atoms with Gasteiger partial charge in [-0.3, -0.25) is 38.2 Å². The number of benzene rings is 5. The van der Waals surface area contributed by atoms with Gasteiger partial charge in [0.05, 0.1) is 57.8 Å². The number of ether oxygens (including phenoxy) is 5. The van der Waals surface area contributed by atoms with Crippen LogP contribution < -0.4 is 10.9 Å². The topological polar surface area (TPSA) is 280 Å². The number of halogens is 1. The number of ketones is 2. The molecule has 1 aromatic heterocycles. The minimum atomic E-state index is -2.39. The lowest BCUT2D eigenvalue weighted by Crippen LogP contribution is -2.82. The first-order valence-electron chi connectivity index (χ1n) is 29.8. The van der Waals surface area contributed by atoms with Crippen LogP contribution in [0.5, 0.6) is 0 Å². The van der Waals surface area contributed by atoms with Crippen molar-refractivity contribution >= 4 is 52.3 Å². The zero-order valence-electron chi connectivity index (χ0n) is 50.7. The zero-order valence-corrected chi connectivity index (χ0v) is 50.7. The molecular weight excluding hydrogens is 1160 g/mol. The molecule has 4 N–H and O–H groups in total. The fourth-order valence-electron chi connectivity index (χ4n) is 14.2. The summed E-state index contributed by atoms with van der Waals surface area (Å²) in [5.41, 5.74) is -5.21. The highest BCUT2D eigenvalue weighted by Crippen LogP contribution is 2.64. The molecule has 2 saturated heterocycles. The summed E-state index contributed by atoms with van der Waals surface area (Å²) in [5.74, 6) is -7.72. The Balaban J connectivity index is 0.000000245. The van der Waals surface area contributed by atoms with Gasteiger partial charge in [-0.25, -0.2) is 19.0 Å². The smallest absolute Gasteiger partial charge is 0.338 e. The molecule has 0 radical (unpaired) electrons. The molecular formula is C68H70FN5O16. The van der Waals surface area contributed by atoms with E-state index in [1.807, 2.05) is 12.1 Å². The van der Waals surface area contributed by atoms with E-state index in [4.69, 9.17) is 23.7 Å². The Morgan fingerprint density at radius 2 is 1.46 bits per heavy atom. The number of hydrogen-bond acceptors (Lipinski definition) is 19. The summed E-state index contributed by atoms with van der Waals surface area (Å²) in [4.78, 5) is 118. The molecule has 4 fully saturated rings. The van der Waals surface area contributed by atoms with E-state index in [-0.39, 0.29) is 52.2 Å². The van der Waals surface area contributed by atoms with Crippen molar-refractivity contribution in [3.8, 4) is 5.69 Å².